The molecule has 2 aromatic carbocycles. The molecule has 0 unspecified atom stereocenters. The minimum atomic E-state index is -0.262. The molecule has 2 rings (SSSR count). The average Bonchev–Trinajstić information content (AvgIpc) is 2.57. The van der Waals surface area contributed by atoms with Gasteiger partial charge >= 0.3 is 0 Å². The topological polar surface area (TPSA) is 59.6 Å². The highest BCUT2D eigenvalue weighted by molar-refractivity contribution is 6.32. The van der Waals surface area contributed by atoms with Crippen molar-refractivity contribution in [2.75, 3.05) is 25.6 Å². The van der Waals surface area contributed by atoms with Crippen LogP contribution < -0.4 is 20.1 Å². The first-order valence-corrected chi connectivity index (χ1v) is 8.50. The van der Waals surface area contributed by atoms with Gasteiger partial charge in [-0.2, -0.15) is 0 Å². The van der Waals surface area contributed by atoms with Gasteiger partial charge in [-0.1, -0.05) is 29.3 Å². The Kier molecular flexibility index (Phi) is 7.10. The zero-order chi connectivity index (χ0) is 18.2. The predicted octanol–water partition coefficient (Wildman–Crippen LogP) is 3.78. The number of halogens is 1. The molecule has 0 aliphatic carbocycles. The number of hydrogen-bond acceptors (Lipinski definition) is 4. The first kappa shape index (κ1) is 19.1. The number of benzene rings is 2. The molecule has 2 N–H and O–H groups in total. The van der Waals surface area contributed by atoms with Crippen molar-refractivity contribution < 1.29 is 14.3 Å². The van der Waals surface area contributed by atoms with Crippen LogP contribution in [0.15, 0.2) is 36.4 Å². The molecule has 25 heavy (non-hydrogen) atoms. The molecule has 0 aliphatic heterocycles. The van der Waals surface area contributed by atoms with Crippen LogP contribution in [0, 0.1) is 6.92 Å². The zero-order valence-electron chi connectivity index (χ0n) is 14.7. The van der Waals surface area contributed by atoms with E-state index in [-0.39, 0.29) is 12.5 Å². The molecule has 0 radical (unpaired) electrons. The fourth-order valence-electron chi connectivity index (χ4n) is 2.30. The maximum absolute atomic E-state index is 12.1. The number of carbonyl (C=O) groups is 1. The highest BCUT2D eigenvalue weighted by atomic mass is 35.5. The Balaban J connectivity index is 2.05. The third kappa shape index (κ3) is 5.66. The van der Waals surface area contributed by atoms with Gasteiger partial charge in [-0.15, -0.1) is 0 Å². The number of nitrogens with one attached hydrogen (secondary N) is 2. The Morgan fingerprint density at radius 2 is 1.88 bits per heavy atom. The third-order valence-electron chi connectivity index (χ3n) is 3.43. The van der Waals surface area contributed by atoms with E-state index in [2.05, 4.69) is 10.6 Å². The van der Waals surface area contributed by atoms with Gasteiger partial charge in [-0.25, -0.2) is 0 Å². The van der Waals surface area contributed by atoms with Crippen molar-refractivity contribution in [2.45, 2.75) is 20.4 Å². The van der Waals surface area contributed by atoms with Gasteiger partial charge in [-0.05, 0) is 50.7 Å². The van der Waals surface area contributed by atoms with Gasteiger partial charge in [-0.3, -0.25) is 4.79 Å². The molecule has 0 saturated carbocycles. The highest BCUT2D eigenvalue weighted by Crippen LogP contribution is 2.36. The molecular weight excluding hydrogens is 340 g/mol. The number of anilines is 1. The molecule has 6 heteroatoms. The summed E-state index contributed by atoms with van der Waals surface area (Å²) in [6, 6.07) is 11.2. The Morgan fingerprint density at radius 1 is 1.16 bits per heavy atom. The van der Waals surface area contributed by atoms with E-state index < -0.39 is 0 Å². The fraction of sp³-hybridized carbons (Fsp3) is 0.316. The van der Waals surface area contributed by atoms with E-state index in [1.54, 1.807) is 6.07 Å². The largest absolute Gasteiger partial charge is 0.490 e. The summed E-state index contributed by atoms with van der Waals surface area (Å²) >= 11 is 6.30. The van der Waals surface area contributed by atoms with Gasteiger partial charge in [0.25, 0.3) is 5.91 Å². The van der Waals surface area contributed by atoms with Crippen LogP contribution in [0.25, 0.3) is 0 Å². The summed E-state index contributed by atoms with van der Waals surface area (Å²) in [7, 11) is 1.86. The summed E-state index contributed by atoms with van der Waals surface area (Å²) in [4.78, 5) is 12.1. The van der Waals surface area contributed by atoms with Crippen LogP contribution in [-0.4, -0.2) is 26.2 Å². The number of carbonyl (C=O) groups excluding carboxylic acids is 1. The van der Waals surface area contributed by atoms with Crippen molar-refractivity contribution in [3.05, 3.63) is 52.5 Å². The Hall–Kier alpha value is -2.24. The summed E-state index contributed by atoms with van der Waals surface area (Å²) in [5, 5.41) is 6.26. The molecule has 0 aliphatic rings. The summed E-state index contributed by atoms with van der Waals surface area (Å²) < 4.78 is 11.2. The Bertz CT molecular complexity index is 717. The molecule has 0 saturated heterocycles. The molecule has 0 spiro atoms. The van der Waals surface area contributed by atoms with Crippen LogP contribution in [0.2, 0.25) is 5.02 Å². The van der Waals surface area contributed by atoms with Gasteiger partial charge in [0.2, 0.25) is 0 Å². The Labute approximate surface area is 153 Å². The number of amides is 1. The summed E-state index contributed by atoms with van der Waals surface area (Å²) in [5.41, 5.74) is 2.83. The lowest BCUT2D eigenvalue weighted by Gasteiger charge is -2.15. The second kappa shape index (κ2) is 9.30. The molecule has 0 aromatic heterocycles. The van der Waals surface area contributed by atoms with Gasteiger partial charge in [0.1, 0.15) is 0 Å². The first-order chi connectivity index (χ1) is 12.0. The van der Waals surface area contributed by atoms with E-state index in [1.165, 1.54) is 0 Å². The van der Waals surface area contributed by atoms with Gasteiger partial charge in [0.15, 0.2) is 18.1 Å². The quantitative estimate of drug-likeness (QED) is 0.750. The van der Waals surface area contributed by atoms with Crippen molar-refractivity contribution in [1.29, 1.82) is 0 Å². The number of ether oxygens (including phenoxy) is 2. The smallest absolute Gasteiger partial charge is 0.262 e. The van der Waals surface area contributed by atoms with E-state index >= 15 is 0 Å². The zero-order valence-corrected chi connectivity index (χ0v) is 15.4. The lowest BCUT2D eigenvalue weighted by atomic mass is 10.2. The first-order valence-electron chi connectivity index (χ1n) is 8.12. The lowest BCUT2D eigenvalue weighted by Crippen LogP contribution is -2.20. The van der Waals surface area contributed by atoms with Gasteiger partial charge in [0, 0.05) is 12.2 Å². The van der Waals surface area contributed by atoms with Crippen LogP contribution in [0.3, 0.4) is 0 Å². The molecule has 0 heterocycles. The SMILES string of the molecule is CCOc1cc(CNC)cc(Cl)c1OCC(=O)Nc1ccc(C)cc1. The molecule has 134 valence electrons. The molecular formula is C19H23ClN2O3. The lowest BCUT2D eigenvalue weighted by molar-refractivity contribution is -0.118. The van der Waals surface area contributed by atoms with Crippen molar-refractivity contribution in [2.24, 2.45) is 0 Å². The summed E-state index contributed by atoms with van der Waals surface area (Å²) in [6.07, 6.45) is 0. The fourth-order valence-corrected chi connectivity index (χ4v) is 2.59. The maximum atomic E-state index is 12.1. The highest BCUT2D eigenvalue weighted by Gasteiger charge is 2.14. The van der Waals surface area contributed by atoms with Crippen LogP contribution in [0.5, 0.6) is 11.5 Å². The van der Waals surface area contributed by atoms with Crippen LogP contribution in [-0.2, 0) is 11.3 Å². The molecule has 1 amide bonds. The van der Waals surface area contributed by atoms with E-state index in [0.29, 0.717) is 29.7 Å². The van der Waals surface area contributed by atoms with Crippen molar-refractivity contribution in [3.8, 4) is 11.5 Å². The molecule has 2 aromatic rings. The number of hydrogen-bond donors (Lipinski definition) is 2. The van der Waals surface area contributed by atoms with Crippen molar-refractivity contribution in [1.82, 2.24) is 5.32 Å². The second-order valence-electron chi connectivity index (χ2n) is 5.57. The molecule has 0 bridgehead atoms. The van der Waals surface area contributed by atoms with Crippen LogP contribution >= 0.6 is 11.6 Å². The van der Waals surface area contributed by atoms with Crippen molar-refractivity contribution >= 4 is 23.2 Å². The summed E-state index contributed by atoms with van der Waals surface area (Å²) in [6.45, 7) is 4.86. The average molecular weight is 363 g/mol. The molecule has 0 fully saturated rings. The van der Waals surface area contributed by atoms with Gasteiger partial charge in [0.05, 0.1) is 11.6 Å². The molecule has 5 nitrogen and oxygen atoms in total. The monoisotopic (exact) mass is 362 g/mol. The standard InChI is InChI=1S/C19H23ClN2O3/c1-4-24-17-10-14(11-21-3)9-16(20)19(17)25-12-18(23)22-15-7-5-13(2)6-8-15/h5-10,21H,4,11-12H2,1-3H3,(H,22,23). The normalized spacial score (nSPS) is 10.4. The number of aryl methyl sites for hydroxylation is 1. The van der Waals surface area contributed by atoms with Crippen LogP contribution in [0.4, 0.5) is 5.69 Å². The van der Waals surface area contributed by atoms with Gasteiger partial charge < -0.3 is 20.1 Å². The van der Waals surface area contributed by atoms with E-state index in [9.17, 15) is 4.79 Å². The minimum absolute atomic E-state index is 0.154. The minimum Gasteiger partial charge on any atom is -0.490 e. The third-order valence-corrected chi connectivity index (χ3v) is 3.71. The maximum Gasteiger partial charge on any atom is 0.262 e. The predicted molar refractivity (Wildman–Crippen MR) is 101 cm³/mol. The second-order valence-corrected chi connectivity index (χ2v) is 5.98. The van der Waals surface area contributed by atoms with E-state index in [4.69, 9.17) is 21.1 Å². The van der Waals surface area contributed by atoms with Crippen molar-refractivity contribution in [3.63, 3.8) is 0 Å². The molecule has 0 atom stereocenters. The van der Waals surface area contributed by atoms with Crippen LogP contribution in [0.1, 0.15) is 18.1 Å². The summed E-state index contributed by atoms with van der Waals surface area (Å²) in [5.74, 6) is 0.646. The van der Waals surface area contributed by atoms with E-state index in [1.807, 2.05) is 51.2 Å². The Morgan fingerprint density at radius 3 is 2.52 bits per heavy atom. The number of rotatable bonds is 8. The van der Waals surface area contributed by atoms with E-state index in [0.717, 1.165) is 16.8 Å².